The third-order valence-corrected chi connectivity index (χ3v) is 5.26. The maximum absolute atomic E-state index is 12.9. The molecule has 0 heterocycles. The van der Waals surface area contributed by atoms with E-state index in [1.807, 2.05) is 30.3 Å². The molecule has 2 amide bonds. The monoisotopic (exact) mass is 450 g/mol. The van der Waals surface area contributed by atoms with E-state index in [0.29, 0.717) is 35.3 Å². The highest BCUT2D eigenvalue weighted by molar-refractivity contribution is 6.35. The molecule has 0 aliphatic heterocycles. The minimum atomic E-state index is -0.609. The molecule has 2 rings (SSSR count). The highest BCUT2D eigenvalue weighted by atomic mass is 35.5. The van der Waals surface area contributed by atoms with Crippen molar-refractivity contribution in [2.24, 2.45) is 0 Å². The molecule has 1 N–H and O–H groups in total. The molecule has 0 fully saturated rings. The lowest BCUT2D eigenvalue weighted by Gasteiger charge is -2.28. The summed E-state index contributed by atoms with van der Waals surface area (Å²) in [4.78, 5) is 27.1. The number of hydrogen-bond donors (Lipinski definition) is 1. The Kier molecular flexibility index (Phi) is 9.98. The molecule has 0 aliphatic carbocycles. The first-order valence-electron chi connectivity index (χ1n) is 10.1. The molecular formula is C23H28Cl2N2O3. The third-order valence-electron chi connectivity index (χ3n) is 4.73. The number of nitrogens with zero attached hydrogens (tertiary/aromatic N) is 1. The number of amides is 2. The Bertz CT molecular complexity index is 830. The van der Waals surface area contributed by atoms with Gasteiger partial charge in [0, 0.05) is 18.1 Å². The van der Waals surface area contributed by atoms with Crippen molar-refractivity contribution in [1.29, 1.82) is 0 Å². The second-order valence-corrected chi connectivity index (χ2v) is 7.85. The number of hydrogen-bond acceptors (Lipinski definition) is 3. The summed E-state index contributed by atoms with van der Waals surface area (Å²) in [5.74, 6) is -0.0815. The highest BCUT2D eigenvalue weighted by Gasteiger charge is 2.26. The minimum absolute atomic E-state index is 0.172. The van der Waals surface area contributed by atoms with Gasteiger partial charge in [-0.2, -0.15) is 0 Å². The fourth-order valence-electron chi connectivity index (χ4n) is 2.92. The second-order valence-electron chi connectivity index (χ2n) is 7.01. The molecule has 2 aromatic rings. The standard InChI is InChI=1S/C23H28Cl2N2O3/c1-3-4-13-26-23(29)17(2)27(14-12-18-8-6-5-7-9-18)22(28)16-30-21-11-10-19(24)15-20(21)25/h5-11,15,17H,3-4,12-14,16H2,1-2H3,(H,26,29). The molecule has 1 unspecified atom stereocenters. The lowest BCUT2D eigenvalue weighted by Crippen LogP contribution is -2.50. The van der Waals surface area contributed by atoms with E-state index in [4.69, 9.17) is 27.9 Å². The predicted octanol–water partition coefficient (Wildman–Crippen LogP) is 4.75. The summed E-state index contributed by atoms with van der Waals surface area (Å²) >= 11 is 12.0. The van der Waals surface area contributed by atoms with Crippen LogP contribution in [0, 0.1) is 0 Å². The first kappa shape index (κ1) is 24.0. The molecule has 30 heavy (non-hydrogen) atoms. The molecule has 0 saturated carbocycles. The molecule has 0 spiro atoms. The Morgan fingerprint density at radius 1 is 1.13 bits per heavy atom. The molecule has 7 heteroatoms. The van der Waals surface area contributed by atoms with Crippen LogP contribution in [0.4, 0.5) is 0 Å². The maximum Gasteiger partial charge on any atom is 0.261 e. The van der Waals surface area contributed by atoms with Crippen LogP contribution in [0.3, 0.4) is 0 Å². The summed E-state index contributed by atoms with van der Waals surface area (Å²) in [6.07, 6.45) is 2.52. The van der Waals surface area contributed by atoms with Crippen LogP contribution >= 0.6 is 23.2 Å². The predicted molar refractivity (Wildman–Crippen MR) is 121 cm³/mol. The Labute approximate surface area is 188 Å². The van der Waals surface area contributed by atoms with Gasteiger partial charge in [-0.15, -0.1) is 0 Å². The van der Waals surface area contributed by atoms with Crippen LogP contribution < -0.4 is 10.1 Å². The lowest BCUT2D eigenvalue weighted by atomic mass is 10.1. The minimum Gasteiger partial charge on any atom is -0.482 e. The normalized spacial score (nSPS) is 11.6. The van der Waals surface area contributed by atoms with Crippen molar-refractivity contribution in [1.82, 2.24) is 10.2 Å². The van der Waals surface area contributed by atoms with Gasteiger partial charge in [0.25, 0.3) is 5.91 Å². The van der Waals surface area contributed by atoms with Crippen LogP contribution in [0.5, 0.6) is 5.75 Å². The smallest absolute Gasteiger partial charge is 0.261 e. The van der Waals surface area contributed by atoms with Crippen molar-refractivity contribution < 1.29 is 14.3 Å². The molecule has 1 atom stereocenters. The zero-order valence-electron chi connectivity index (χ0n) is 17.4. The average Bonchev–Trinajstić information content (AvgIpc) is 2.74. The fraction of sp³-hybridized carbons (Fsp3) is 0.391. The van der Waals surface area contributed by atoms with Gasteiger partial charge in [0.15, 0.2) is 6.61 Å². The van der Waals surface area contributed by atoms with Gasteiger partial charge in [0.1, 0.15) is 11.8 Å². The number of rotatable bonds is 11. The van der Waals surface area contributed by atoms with E-state index in [1.54, 1.807) is 30.0 Å². The van der Waals surface area contributed by atoms with E-state index < -0.39 is 6.04 Å². The first-order valence-corrected chi connectivity index (χ1v) is 10.9. The van der Waals surface area contributed by atoms with Crippen LogP contribution in [-0.2, 0) is 16.0 Å². The molecule has 0 saturated heterocycles. The summed E-state index contributed by atoms with van der Waals surface area (Å²) in [5.41, 5.74) is 1.09. The lowest BCUT2D eigenvalue weighted by molar-refractivity contribution is -0.141. The fourth-order valence-corrected chi connectivity index (χ4v) is 3.38. The van der Waals surface area contributed by atoms with E-state index in [-0.39, 0.29) is 18.4 Å². The topological polar surface area (TPSA) is 58.6 Å². The maximum atomic E-state index is 12.9. The summed E-state index contributed by atoms with van der Waals surface area (Å²) in [6, 6.07) is 14.1. The van der Waals surface area contributed by atoms with E-state index >= 15 is 0 Å². The van der Waals surface area contributed by atoms with E-state index in [0.717, 1.165) is 18.4 Å². The largest absolute Gasteiger partial charge is 0.482 e. The van der Waals surface area contributed by atoms with Gasteiger partial charge in [-0.05, 0) is 43.5 Å². The molecule has 0 bridgehead atoms. The molecule has 0 aliphatic rings. The third kappa shape index (κ3) is 7.54. The van der Waals surface area contributed by atoms with Crippen molar-refractivity contribution in [3.8, 4) is 5.75 Å². The summed E-state index contributed by atoms with van der Waals surface area (Å²) in [6.45, 7) is 4.58. The van der Waals surface area contributed by atoms with Gasteiger partial charge >= 0.3 is 0 Å². The van der Waals surface area contributed by atoms with Gasteiger partial charge in [-0.1, -0.05) is 66.9 Å². The van der Waals surface area contributed by atoms with E-state index in [1.165, 1.54) is 0 Å². The zero-order chi connectivity index (χ0) is 21.9. The Balaban J connectivity index is 2.05. The van der Waals surface area contributed by atoms with Crippen molar-refractivity contribution in [3.05, 3.63) is 64.1 Å². The Morgan fingerprint density at radius 3 is 2.53 bits per heavy atom. The summed E-state index contributed by atoms with van der Waals surface area (Å²) in [7, 11) is 0. The molecule has 0 radical (unpaired) electrons. The quantitative estimate of drug-likeness (QED) is 0.502. The van der Waals surface area contributed by atoms with Crippen LogP contribution in [0.15, 0.2) is 48.5 Å². The second kappa shape index (κ2) is 12.5. The molecule has 0 aromatic heterocycles. The van der Waals surface area contributed by atoms with Gasteiger partial charge in [-0.25, -0.2) is 0 Å². The number of carbonyl (C=O) groups is 2. The number of carbonyl (C=O) groups excluding carboxylic acids is 2. The zero-order valence-corrected chi connectivity index (χ0v) is 18.9. The van der Waals surface area contributed by atoms with Gasteiger partial charge in [0.2, 0.25) is 5.91 Å². The van der Waals surface area contributed by atoms with Crippen molar-refractivity contribution >= 4 is 35.0 Å². The number of nitrogens with one attached hydrogen (secondary N) is 1. The van der Waals surface area contributed by atoms with Crippen LogP contribution in [-0.4, -0.2) is 42.5 Å². The number of benzene rings is 2. The van der Waals surface area contributed by atoms with Crippen molar-refractivity contribution in [2.45, 2.75) is 39.2 Å². The first-order chi connectivity index (χ1) is 14.4. The Hall–Kier alpha value is -2.24. The van der Waals surface area contributed by atoms with Crippen LogP contribution in [0.25, 0.3) is 0 Å². The van der Waals surface area contributed by atoms with Gasteiger partial charge in [0.05, 0.1) is 5.02 Å². The van der Waals surface area contributed by atoms with E-state index in [2.05, 4.69) is 12.2 Å². The molecule has 2 aromatic carbocycles. The van der Waals surface area contributed by atoms with Gasteiger partial charge < -0.3 is 15.0 Å². The van der Waals surface area contributed by atoms with Crippen LogP contribution in [0.1, 0.15) is 32.3 Å². The SMILES string of the molecule is CCCCNC(=O)C(C)N(CCc1ccccc1)C(=O)COc1ccc(Cl)cc1Cl. The average molecular weight is 451 g/mol. The number of ether oxygens (including phenoxy) is 1. The Morgan fingerprint density at radius 2 is 1.87 bits per heavy atom. The van der Waals surface area contributed by atoms with Crippen molar-refractivity contribution in [2.75, 3.05) is 19.7 Å². The summed E-state index contributed by atoms with van der Waals surface area (Å²) < 4.78 is 5.60. The highest BCUT2D eigenvalue weighted by Crippen LogP contribution is 2.27. The number of halogens is 2. The number of unbranched alkanes of at least 4 members (excludes halogenated alkanes) is 1. The van der Waals surface area contributed by atoms with Gasteiger partial charge in [-0.3, -0.25) is 9.59 Å². The van der Waals surface area contributed by atoms with E-state index in [9.17, 15) is 9.59 Å². The molecule has 162 valence electrons. The summed E-state index contributed by atoms with van der Waals surface area (Å²) in [5, 5.41) is 3.71. The molecular weight excluding hydrogens is 423 g/mol. The van der Waals surface area contributed by atoms with Crippen molar-refractivity contribution in [3.63, 3.8) is 0 Å². The van der Waals surface area contributed by atoms with Crippen LogP contribution in [0.2, 0.25) is 10.0 Å². The molecule has 5 nitrogen and oxygen atoms in total.